The summed E-state index contributed by atoms with van der Waals surface area (Å²) >= 11 is 0. The predicted octanol–water partition coefficient (Wildman–Crippen LogP) is 2.68. The predicted molar refractivity (Wildman–Crippen MR) is 94.8 cm³/mol. The van der Waals surface area contributed by atoms with Gasteiger partial charge in [0.05, 0.1) is 27.4 Å². The van der Waals surface area contributed by atoms with Crippen molar-refractivity contribution >= 4 is 11.7 Å². The Morgan fingerprint density at radius 1 is 1.15 bits per heavy atom. The summed E-state index contributed by atoms with van der Waals surface area (Å²) in [5, 5.41) is 18.5. The van der Waals surface area contributed by atoms with Gasteiger partial charge in [0.25, 0.3) is 0 Å². The molecule has 0 aromatic heterocycles. The molecular weight excluding hydrogens is 336 g/mol. The molecule has 2 fully saturated rings. The second kappa shape index (κ2) is 7.32. The van der Waals surface area contributed by atoms with E-state index >= 15 is 0 Å². The van der Waals surface area contributed by atoms with E-state index in [1.54, 1.807) is 21.3 Å². The number of fused-ring (bicyclic) bond motifs is 2. The zero-order valence-corrected chi connectivity index (χ0v) is 15.3. The molecule has 2 heterocycles. The minimum absolute atomic E-state index is 0.103. The number of carbonyl (C=O) groups is 1. The summed E-state index contributed by atoms with van der Waals surface area (Å²) < 4.78 is 16.3. The number of benzene rings is 1. The van der Waals surface area contributed by atoms with Crippen molar-refractivity contribution < 1.29 is 24.1 Å². The molecule has 7 heteroatoms. The third-order valence-electron chi connectivity index (χ3n) is 5.59. The minimum atomic E-state index is -1.02. The number of ether oxygens (including phenoxy) is 3. The number of carboxylic acids is 1. The highest BCUT2D eigenvalue weighted by Gasteiger charge is 2.45. The molecule has 0 spiro atoms. The van der Waals surface area contributed by atoms with Crippen molar-refractivity contribution in [3.8, 4) is 23.3 Å². The van der Waals surface area contributed by atoms with Crippen LogP contribution in [-0.4, -0.2) is 44.5 Å². The van der Waals surface area contributed by atoms with E-state index in [0.717, 1.165) is 18.5 Å². The lowest BCUT2D eigenvalue weighted by atomic mass is 9.81. The average molecular weight is 360 g/mol. The van der Waals surface area contributed by atoms with Crippen molar-refractivity contribution in [1.82, 2.24) is 0 Å². The van der Waals surface area contributed by atoms with Crippen molar-refractivity contribution in [2.45, 2.75) is 37.8 Å². The largest absolute Gasteiger partial charge is 0.493 e. The number of aliphatic carboxylic acids is 1. The molecule has 0 radical (unpaired) electrons. The number of carboxylic acid groups (broad SMARTS) is 1. The fourth-order valence-electron chi connectivity index (χ4n) is 4.49. The summed E-state index contributed by atoms with van der Waals surface area (Å²) in [7, 11) is 4.75. The molecule has 2 bridgehead atoms. The van der Waals surface area contributed by atoms with Crippen LogP contribution in [0, 0.1) is 23.2 Å². The number of hydrogen-bond acceptors (Lipinski definition) is 6. The van der Waals surface area contributed by atoms with Crippen molar-refractivity contribution in [2.75, 3.05) is 26.2 Å². The monoisotopic (exact) mass is 360 g/mol. The third kappa shape index (κ3) is 3.00. The smallest absolute Gasteiger partial charge is 0.321 e. The van der Waals surface area contributed by atoms with Gasteiger partial charge in [-0.15, -0.1) is 0 Å². The number of nitrogens with zero attached hydrogens (tertiary/aromatic N) is 2. The van der Waals surface area contributed by atoms with Crippen LogP contribution >= 0.6 is 0 Å². The molecule has 0 aliphatic carbocycles. The van der Waals surface area contributed by atoms with Crippen LogP contribution in [0.2, 0.25) is 0 Å². The minimum Gasteiger partial charge on any atom is -0.493 e. The number of rotatable bonds is 6. The summed E-state index contributed by atoms with van der Waals surface area (Å²) in [4.78, 5) is 13.7. The van der Waals surface area contributed by atoms with Gasteiger partial charge in [0.1, 0.15) is 5.92 Å². The van der Waals surface area contributed by atoms with E-state index in [1.165, 1.54) is 0 Å². The molecule has 0 amide bonds. The SMILES string of the molecule is COc1cc(N2C3CCC2CC(C(C#N)C(=O)O)C3)cc(OC)c1OC. The highest BCUT2D eigenvalue weighted by molar-refractivity contribution is 5.73. The van der Waals surface area contributed by atoms with Gasteiger partial charge in [-0.1, -0.05) is 0 Å². The van der Waals surface area contributed by atoms with E-state index in [2.05, 4.69) is 4.90 Å². The van der Waals surface area contributed by atoms with Crippen molar-refractivity contribution in [2.24, 2.45) is 11.8 Å². The van der Waals surface area contributed by atoms with E-state index < -0.39 is 11.9 Å². The average Bonchev–Trinajstić information content (AvgIpc) is 2.90. The lowest BCUT2D eigenvalue weighted by Gasteiger charge is -2.41. The molecule has 2 aliphatic heterocycles. The maximum Gasteiger partial charge on any atom is 0.321 e. The first-order valence-electron chi connectivity index (χ1n) is 8.74. The van der Waals surface area contributed by atoms with Gasteiger partial charge < -0.3 is 24.2 Å². The molecule has 2 saturated heterocycles. The fraction of sp³-hybridized carbons (Fsp3) is 0.579. The van der Waals surface area contributed by atoms with Crippen LogP contribution in [0.4, 0.5) is 5.69 Å². The Kier molecular flexibility index (Phi) is 5.12. The van der Waals surface area contributed by atoms with E-state index in [4.69, 9.17) is 14.2 Å². The molecule has 1 N–H and O–H groups in total. The van der Waals surface area contributed by atoms with Gasteiger partial charge in [0.2, 0.25) is 5.75 Å². The zero-order chi connectivity index (χ0) is 18.8. The number of methoxy groups -OCH3 is 3. The highest BCUT2D eigenvalue weighted by Crippen LogP contribution is 2.48. The van der Waals surface area contributed by atoms with Crippen molar-refractivity contribution in [3.63, 3.8) is 0 Å². The van der Waals surface area contributed by atoms with E-state index in [9.17, 15) is 15.2 Å². The van der Waals surface area contributed by atoms with E-state index in [-0.39, 0.29) is 18.0 Å². The first-order chi connectivity index (χ1) is 12.5. The lowest BCUT2D eigenvalue weighted by molar-refractivity contribution is -0.141. The van der Waals surface area contributed by atoms with Crippen LogP contribution in [0.15, 0.2) is 12.1 Å². The normalized spacial score (nSPS) is 25.3. The number of hydrogen-bond donors (Lipinski definition) is 1. The molecule has 2 aliphatic rings. The summed E-state index contributed by atoms with van der Waals surface area (Å²) in [5.41, 5.74) is 0.981. The zero-order valence-electron chi connectivity index (χ0n) is 15.3. The van der Waals surface area contributed by atoms with Crippen molar-refractivity contribution in [1.29, 1.82) is 5.26 Å². The molecule has 7 nitrogen and oxygen atoms in total. The van der Waals surface area contributed by atoms with Crippen LogP contribution < -0.4 is 19.1 Å². The maximum atomic E-state index is 11.4. The van der Waals surface area contributed by atoms with Gasteiger partial charge in [0.15, 0.2) is 11.5 Å². The summed E-state index contributed by atoms with van der Waals surface area (Å²) in [5.74, 6) is -0.296. The number of piperidine rings is 1. The quantitative estimate of drug-likeness (QED) is 0.834. The van der Waals surface area contributed by atoms with Crippen molar-refractivity contribution in [3.05, 3.63) is 12.1 Å². The third-order valence-corrected chi connectivity index (χ3v) is 5.59. The number of nitriles is 1. The van der Waals surface area contributed by atoms with Crippen LogP contribution in [0.3, 0.4) is 0 Å². The molecule has 3 atom stereocenters. The van der Waals surface area contributed by atoms with E-state index in [0.29, 0.717) is 30.1 Å². The molecular formula is C19H24N2O5. The maximum absolute atomic E-state index is 11.4. The summed E-state index contributed by atoms with van der Waals surface area (Å²) in [6, 6.07) is 6.28. The Labute approximate surface area is 153 Å². The fourth-order valence-corrected chi connectivity index (χ4v) is 4.49. The topological polar surface area (TPSA) is 92.0 Å². The first-order valence-corrected chi connectivity index (χ1v) is 8.74. The Hall–Kier alpha value is -2.62. The molecule has 3 rings (SSSR count). The van der Waals surface area contributed by atoms with Gasteiger partial charge in [0, 0.05) is 29.9 Å². The van der Waals surface area contributed by atoms with Crippen LogP contribution in [0.1, 0.15) is 25.7 Å². The molecule has 26 heavy (non-hydrogen) atoms. The van der Waals surface area contributed by atoms with Crippen LogP contribution in [0.25, 0.3) is 0 Å². The van der Waals surface area contributed by atoms with Gasteiger partial charge in [-0.05, 0) is 31.6 Å². The van der Waals surface area contributed by atoms with Gasteiger partial charge in [-0.2, -0.15) is 5.26 Å². The summed E-state index contributed by atoms with van der Waals surface area (Å²) in [6.07, 6.45) is 3.40. The second-order valence-corrected chi connectivity index (χ2v) is 6.85. The Morgan fingerprint density at radius 3 is 2.08 bits per heavy atom. The van der Waals surface area contributed by atoms with Crippen LogP contribution in [-0.2, 0) is 4.79 Å². The standard InChI is InChI=1S/C19H24N2O5/c1-24-16-8-14(9-17(25-2)18(16)26-3)21-12-4-5-13(21)7-11(6-12)15(10-20)19(22)23/h8-9,11-13,15H,4-7H2,1-3H3,(H,22,23). The van der Waals surface area contributed by atoms with Crippen LogP contribution in [0.5, 0.6) is 17.2 Å². The molecule has 0 saturated carbocycles. The molecule has 3 unspecified atom stereocenters. The Bertz CT molecular complexity index is 690. The van der Waals surface area contributed by atoms with Gasteiger partial charge >= 0.3 is 5.97 Å². The van der Waals surface area contributed by atoms with Gasteiger partial charge in [-0.3, -0.25) is 4.79 Å². The first kappa shape index (κ1) is 18.2. The Morgan fingerprint density at radius 2 is 1.69 bits per heavy atom. The second-order valence-electron chi connectivity index (χ2n) is 6.85. The summed E-state index contributed by atoms with van der Waals surface area (Å²) in [6.45, 7) is 0. The molecule has 1 aromatic rings. The highest BCUT2D eigenvalue weighted by atomic mass is 16.5. The van der Waals surface area contributed by atoms with E-state index in [1.807, 2.05) is 18.2 Å². The van der Waals surface area contributed by atoms with Gasteiger partial charge in [-0.25, -0.2) is 0 Å². The Balaban J connectivity index is 1.91. The number of anilines is 1. The lowest BCUT2D eigenvalue weighted by Crippen LogP contribution is -2.45. The molecule has 1 aromatic carbocycles. The molecule has 140 valence electrons.